The van der Waals surface area contributed by atoms with Crippen LogP contribution in [0.15, 0.2) is 0 Å². The summed E-state index contributed by atoms with van der Waals surface area (Å²) in [7, 11) is 0. The number of ether oxygens (including phenoxy) is 1. The molecule has 1 unspecified atom stereocenters. The fourth-order valence-corrected chi connectivity index (χ4v) is 1.09. The van der Waals surface area contributed by atoms with Crippen LogP contribution in [0.1, 0.15) is 6.92 Å². The van der Waals surface area contributed by atoms with E-state index in [2.05, 4.69) is 0 Å². The number of rotatable bonds is 1. The highest BCUT2D eigenvalue weighted by molar-refractivity contribution is 4.87. The number of aliphatic hydroxyl groups is 3. The zero-order valence-corrected chi connectivity index (χ0v) is 5.77. The molecule has 1 rings (SSSR count). The zero-order valence-electron chi connectivity index (χ0n) is 5.77. The molecule has 3 N–H and O–H groups in total. The van der Waals surface area contributed by atoms with Crippen molar-refractivity contribution in [2.24, 2.45) is 0 Å². The molecule has 60 valence electrons. The molecular formula is C6H12O4. The lowest BCUT2D eigenvalue weighted by atomic mass is 10.1. The first-order valence-corrected chi connectivity index (χ1v) is 3.29. The van der Waals surface area contributed by atoms with Crippen molar-refractivity contribution >= 4 is 0 Å². The van der Waals surface area contributed by atoms with Crippen LogP contribution in [0, 0.1) is 0 Å². The van der Waals surface area contributed by atoms with Crippen molar-refractivity contribution in [1.29, 1.82) is 0 Å². The van der Waals surface area contributed by atoms with Crippen LogP contribution < -0.4 is 0 Å². The molecule has 0 aromatic carbocycles. The van der Waals surface area contributed by atoms with Crippen LogP contribution in [0.2, 0.25) is 0 Å². The number of hydrogen-bond donors (Lipinski definition) is 3. The molecule has 0 aromatic heterocycles. The van der Waals surface area contributed by atoms with Crippen LogP contribution in [-0.4, -0.2) is 46.3 Å². The number of hydrogen-bond acceptors (Lipinski definition) is 4. The molecule has 0 aliphatic carbocycles. The maximum atomic E-state index is 9.09. The first-order valence-electron chi connectivity index (χ1n) is 3.29. The van der Waals surface area contributed by atoms with Crippen LogP contribution >= 0.6 is 0 Å². The predicted octanol–water partition coefficient (Wildman–Crippen LogP) is -1.51. The maximum absolute atomic E-state index is 9.09. The average Bonchev–Trinajstić information content (AvgIpc) is 2.17. The lowest BCUT2D eigenvalue weighted by Crippen LogP contribution is -2.33. The van der Waals surface area contributed by atoms with Crippen LogP contribution in [0.5, 0.6) is 0 Å². The molecule has 4 nitrogen and oxygen atoms in total. The summed E-state index contributed by atoms with van der Waals surface area (Å²) in [6.07, 6.45) is -2.81. The highest BCUT2D eigenvalue weighted by Crippen LogP contribution is 2.19. The van der Waals surface area contributed by atoms with Gasteiger partial charge in [-0.2, -0.15) is 0 Å². The minimum Gasteiger partial charge on any atom is -0.394 e. The highest BCUT2D eigenvalue weighted by atomic mass is 16.5. The summed E-state index contributed by atoms with van der Waals surface area (Å²) in [6, 6.07) is 0. The summed E-state index contributed by atoms with van der Waals surface area (Å²) in [6.45, 7) is 1.41. The summed E-state index contributed by atoms with van der Waals surface area (Å²) >= 11 is 0. The van der Waals surface area contributed by atoms with E-state index in [-0.39, 0.29) is 12.7 Å². The molecule has 10 heavy (non-hydrogen) atoms. The number of aliphatic hydroxyl groups excluding tert-OH is 3. The Balaban J connectivity index is 2.53. The van der Waals surface area contributed by atoms with Gasteiger partial charge in [0.25, 0.3) is 0 Å². The summed E-state index contributed by atoms with van der Waals surface area (Å²) in [5.41, 5.74) is 0. The Labute approximate surface area is 59.1 Å². The van der Waals surface area contributed by atoms with E-state index in [1.54, 1.807) is 6.92 Å². The topological polar surface area (TPSA) is 69.9 Å². The minimum atomic E-state index is -0.944. The SMILES string of the molecule is CC1O[C@H](CO)[C@@H](O)[C@H]1O. The molecule has 1 aliphatic rings. The van der Waals surface area contributed by atoms with Crippen molar-refractivity contribution in [2.45, 2.75) is 31.3 Å². The smallest absolute Gasteiger partial charge is 0.111 e. The molecule has 4 atom stereocenters. The van der Waals surface area contributed by atoms with Crippen molar-refractivity contribution in [3.63, 3.8) is 0 Å². The van der Waals surface area contributed by atoms with Crippen LogP contribution in [0.25, 0.3) is 0 Å². The van der Waals surface area contributed by atoms with Crippen molar-refractivity contribution in [1.82, 2.24) is 0 Å². The normalized spacial score (nSPS) is 48.0. The van der Waals surface area contributed by atoms with E-state index < -0.39 is 18.3 Å². The summed E-state index contributed by atoms with van der Waals surface area (Å²) in [5, 5.41) is 26.8. The third-order valence-corrected chi connectivity index (χ3v) is 1.78. The van der Waals surface area contributed by atoms with Crippen LogP contribution in [0.4, 0.5) is 0 Å². The fourth-order valence-electron chi connectivity index (χ4n) is 1.09. The third-order valence-electron chi connectivity index (χ3n) is 1.78. The van der Waals surface area contributed by atoms with Gasteiger partial charge in [-0.25, -0.2) is 0 Å². The average molecular weight is 148 g/mol. The second kappa shape index (κ2) is 2.84. The van der Waals surface area contributed by atoms with Crippen molar-refractivity contribution in [3.05, 3.63) is 0 Å². The Bertz CT molecular complexity index is 116. The Morgan fingerprint density at radius 2 is 1.90 bits per heavy atom. The fraction of sp³-hybridized carbons (Fsp3) is 1.00. The van der Waals surface area contributed by atoms with Gasteiger partial charge < -0.3 is 20.1 Å². The molecule has 1 fully saturated rings. The Kier molecular flexibility index (Phi) is 2.25. The third kappa shape index (κ3) is 1.15. The van der Waals surface area contributed by atoms with Gasteiger partial charge in [0.2, 0.25) is 0 Å². The van der Waals surface area contributed by atoms with Gasteiger partial charge >= 0.3 is 0 Å². The first-order chi connectivity index (χ1) is 4.66. The van der Waals surface area contributed by atoms with Gasteiger partial charge in [-0.15, -0.1) is 0 Å². The molecule has 4 heteroatoms. The van der Waals surface area contributed by atoms with E-state index in [0.29, 0.717) is 0 Å². The predicted molar refractivity (Wildman–Crippen MR) is 33.4 cm³/mol. The van der Waals surface area contributed by atoms with Gasteiger partial charge in [0.05, 0.1) is 12.7 Å². The van der Waals surface area contributed by atoms with E-state index in [1.807, 2.05) is 0 Å². The second-order valence-corrected chi connectivity index (χ2v) is 2.54. The van der Waals surface area contributed by atoms with Gasteiger partial charge in [0.15, 0.2) is 0 Å². The molecule has 0 saturated carbocycles. The standard InChI is InChI=1S/C6H12O4/c1-3-5(8)6(9)4(2-7)10-3/h3-9H,2H2,1H3/t3?,4-,5+,6-/m1/s1. The summed E-state index contributed by atoms with van der Waals surface area (Å²) in [5.74, 6) is 0. The molecular weight excluding hydrogens is 136 g/mol. The Hall–Kier alpha value is -0.160. The summed E-state index contributed by atoms with van der Waals surface area (Å²) in [4.78, 5) is 0. The van der Waals surface area contributed by atoms with Crippen LogP contribution in [0.3, 0.4) is 0 Å². The summed E-state index contributed by atoms with van der Waals surface area (Å²) < 4.78 is 4.98. The maximum Gasteiger partial charge on any atom is 0.111 e. The molecule has 0 spiro atoms. The quantitative estimate of drug-likeness (QED) is 0.422. The lowest BCUT2D eigenvalue weighted by molar-refractivity contribution is -0.0171. The van der Waals surface area contributed by atoms with Gasteiger partial charge in [0, 0.05) is 0 Å². The van der Waals surface area contributed by atoms with Gasteiger partial charge in [0.1, 0.15) is 18.3 Å². The van der Waals surface area contributed by atoms with Gasteiger partial charge in [-0.05, 0) is 6.92 Å². The zero-order chi connectivity index (χ0) is 7.72. The Morgan fingerprint density at radius 1 is 1.30 bits per heavy atom. The molecule has 1 heterocycles. The molecule has 0 radical (unpaired) electrons. The van der Waals surface area contributed by atoms with Crippen molar-refractivity contribution in [3.8, 4) is 0 Å². The largest absolute Gasteiger partial charge is 0.394 e. The molecule has 1 saturated heterocycles. The van der Waals surface area contributed by atoms with Crippen molar-refractivity contribution < 1.29 is 20.1 Å². The Morgan fingerprint density at radius 3 is 2.10 bits per heavy atom. The molecule has 1 aliphatic heterocycles. The van der Waals surface area contributed by atoms with E-state index >= 15 is 0 Å². The molecule has 0 bridgehead atoms. The first kappa shape index (κ1) is 7.94. The van der Waals surface area contributed by atoms with Crippen LogP contribution in [-0.2, 0) is 4.74 Å². The monoisotopic (exact) mass is 148 g/mol. The van der Waals surface area contributed by atoms with Gasteiger partial charge in [-0.1, -0.05) is 0 Å². The second-order valence-electron chi connectivity index (χ2n) is 2.54. The minimum absolute atomic E-state index is 0.247. The van der Waals surface area contributed by atoms with Gasteiger partial charge in [-0.3, -0.25) is 0 Å². The van der Waals surface area contributed by atoms with E-state index in [1.165, 1.54) is 0 Å². The van der Waals surface area contributed by atoms with E-state index in [4.69, 9.17) is 20.1 Å². The van der Waals surface area contributed by atoms with E-state index in [0.717, 1.165) is 0 Å². The van der Waals surface area contributed by atoms with Crippen molar-refractivity contribution in [2.75, 3.05) is 6.61 Å². The molecule has 0 amide bonds. The van der Waals surface area contributed by atoms with E-state index in [9.17, 15) is 0 Å². The highest BCUT2D eigenvalue weighted by Gasteiger charge is 2.39. The lowest BCUT2D eigenvalue weighted by Gasteiger charge is -2.10. The molecule has 0 aromatic rings.